The summed E-state index contributed by atoms with van der Waals surface area (Å²) in [6.45, 7) is 11.4. The summed E-state index contributed by atoms with van der Waals surface area (Å²) in [7, 11) is 0. The Hall–Kier alpha value is -1.07. The Balaban J connectivity index is 1.71. The van der Waals surface area contributed by atoms with E-state index in [2.05, 4.69) is 47.5 Å². The topological polar surface area (TPSA) is 49.3 Å². The fraction of sp³-hybridized carbons (Fsp3) is 0.773. The number of halogens is 2. The first-order chi connectivity index (χ1) is 13.7. The molecule has 0 radical (unpaired) electrons. The van der Waals surface area contributed by atoms with Crippen molar-refractivity contribution in [3.05, 3.63) is 16.5 Å². The van der Waals surface area contributed by atoms with Gasteiger partial charge in [0.1, 0.15) is 5.02 Å². The molecule has 1 aromatic heterocycles. The first kappa shape index (κ1) is 22.6. The highest BCUT2D eigenvalue weighted by molar-refractivity contribution is 6.33. The van der Waals surface area contributed by atoms with Crippen LogP contribution in [-0.4, -0.2) is 45.9 Å². The summed E-state index contributed by atoms with van der Waals surface area (Å²) >= 11 is 12.5. The highest BCUT2D eigenvalue weighted by Gasteiger charge is 2.45. The van der Waals surface area contributed by atoms with Crippen LogP contribution in [0.15, 0.2) is 6.20 Å². The van der Waals surface area contributed by atoms with Crippen molar-refractivity contribution in [1.82, 2.24) is 14.9 Å². The van der Waals surface area contributed by atoms with Crippen molar-refractivity contribution in [2.45, 2.75) is 71.8 Å². The van der Waals surface area contributed by atoms with Crippen LogP contribution in [0.5, 0.6) is 0 Å². The zero-order valence-electron chi connectivity index (χ0n) is 18.1. The summed E-state index contributed by atoms with van der Waals surface area (Å²) in [5.41, 5.74) is 0.0176. The van der Waals surface area contributed by atoms with Crippen molar-refractivity contribution in [3.63, 3.8) is 0 Å². The molecule has 0 unspecified atom stereocenters. The SMILES string of the molecule is CC(C)CC(CC(C)C)C(=O)N1CCC2(CCCN2c2nc(Cl)ncc2Cl)CC1. The van der Waals surface area contributed by atoms with Crippen LogP contribution in [0.2, 0.25) is 10.3 Å². The summed E-state index contributed by atoms with van der Waals surface area (Å²) in [5.74, 6) is 2.29. The summed E-state index contributed by atoms with van der Waals surface area (Å²) in [6.07, 6.45) is 7.64. The van der Waals surface area contributed by atoms with E-state index in [4.69, 9.17) is 23.2 Å². The van der Waals surface area contributed by atoms with Crippen LogP contribution in [0.25, 0.3) is 0 Å². The van der Waals surface area contributed by atoms with Crippen LogP contribution in [-0.2, 0) is 4.79 Å². The van der Waals surface area contributed by atoms with Gasteiger partial charge >= 0.3 is 0 Å². The number of amides is 1. The zero-order valence-corrected chi connectivity index (χ0v) is 19.6. The molecule has 5 nitrogen and oxygen atoms in total. The Kier molecular flexibility index (Phi) is 7.32. The van der Waals surface area contributed by atoms with Gasteiger partial charge in [0.05, 0.1) is 6.20 Å². The molecule has 2 aliphatic heterocycles. The third kappa shape index (κ3) is 5.16. The van der Waals surface area contributed by atoms with Crippen LogP contribution in [0, 0.1) is 17.8 Å². The predicted molar refractivity (Wildman–Crippen MR) is 120 cm³/mol. The summed E-state index contributed by atoms with van der Waals surface area (Å²) in [4.78, 5) is 26.1. The lowest BCUT2D eigenvalue weighted by Crippen LogP contribution is -2.54. The number of hydrogen-bond acceptors (Lipinski definition) is 4. The van der Waals surface area contributed by atoms with Crippen LogP contribution in [0.4, 0.5) is 5.82 Å². The lowest BCUT2D eigenvalue weighted by molar-refractivity contribution is -0.138. The number of aromatic nitrogens is 2. The molecule has 3 rings (SSSR count). The van der Waals surface area contributed by atoms with Gasteiger partial charge in [0, 0.05) is 31.1 Å². The molecule has 2 fully saturated rings. The average Bonchev–Trinajstić information content (AvgIpc) is 3.05. The highest BCUT2D eigenvalue weighted by atomic mass is 35.5. The third-order valence-corrected chi connectivity index (χ3v) is 6.86. The highest BCUT2D eigenvalue weighted by Crippen LogP contribution is 2.43. The van der Waals surface area contributed by atoms with Gasteiger partial charge in [0.25, 0.3) is 0 Å². The van der Waals surface area contributed by atoms with Gasteiger partial charge in [-0.05, 0) is 62.0 Å². The number of anilines is 1. The molecule has 7 heteroatoms. The predicted octanol–water partition coefficient (Wildman–Crippen LogP) is 5.45. The second-order valence-electron chi connectivity index (χ2n) is 9.57. The fourth-order valence-electron chi connectivity index (χ4n) is 5.15. The van der Waals surface area contributed by atoms with E-state index in [1.165, 1.54) is 0 Å². The molecular weight excluding hydrogens is 407 g/mol. The molecule has 2 saturated heterocycles. The van der Waals surface area contributed by atoms with Crippen molar-refractivity contribution < 1.29 is 4.79 Å². The van der Waals surface area contributed by atoms with E-state index in [0.717, 1.165) is 64.0 Å². The summed E-state index contributed by atoms with van der Waals surface area (Å²) < 4.78 is 0. The Morgan fingerprint density at radius 3 is 2.28 bits per heavy atom. The maximum Gasteiger partial charge on any atom is 0.225 e. The van der Waals surface area contributed by atoms with Gasteiger partial charge in [0.15, 0.2) is 5.82 Å². The van der Waals surface area contributed by atoms with E-state index in [-0.39, 0.29) is 16.7 Å². The minimum Gasteiger partial charge on any atom is -0.349 e. The summed E-state index contributed by atoms with van der Waals surface area (Å²) in [6, 6.07) is 0. The minimum absolute atomic E-state index is 0.0176. The number of likely N-dealkylation sites (tertiary alicyclic amines) is 1. The van der Waals surface area contributed by atoms with Crippen molar-refractivity contribution in [1.29, 1.82) is 0 Å². The van der Waals surface area contributed by atoms with Gasteiger partial charge in [-0.15, -0.1) is 0 Å². The molecule has 0 atom stereocenters. The van der Waals surface area contributed by atoms with Gasteiger partial charge < -0.3 is 9.80 Å². The van der Waals surface area contributed by atoms with Crippen LogP contribution >= 0.6 is 23.2 Å². The Bertz CT molecular complexity index is 707. The molecule has 162 valence electrons. The normalized spacial score (nSPS) is 19.2. The second-order valence-corrected chi connectivity index (χ2v) is 10.3. The second kappa shape index (κ2) is 9.38. The fourth-order valence-corrected chi connectivity index (χ4v) is 5.47. The van der Waals surface area contributed by atoms with Crippen molar-refractivity contribution in [3.8, 4) is 0 Å². The standard InChI is InChI=1S/C22H34Cl2N4O/c1-15(2)12-17(13-16(3)4)20(29)27-10-7-22(8-11-27)6-5-9-28(22)19-18(23)14-25-21(24)26-19/h14-17H,5-13H2,1-4H3. The molecule has 0 aliphatic carbocycles. The van der Waals surface area contributed by atoms with Gasteiger partial charge in [-0.25, -0.2) is 4.98 Å². The van der Waals surface area contributed by atoms with Gasteiger partial charge in [-0.3, -0.25) is 4.79 Å². The van der Waals surface area contributed by atoms with Crippen LogP contribution < -0.4 is 4.90 Å². The van der Waals surface area contributed by atoms with Crippen molar-refractivity contribution in [2.75, 3.05) is 24.5 Å². The number of nitrogens with zero attached hydrogens (tertiary/aromatic N) is 4. The zero-order chi connectivity index (χ0) is 21.2. The molecule has 1 amide bonds. The first-order valence-electron chi connectivity index (χ1n) is 11.0. The smallest absolute Gasteiger partial charge is 0.225 e. The molecule has 2 aliphatic rings. The Morgan fingerprint density at radius 1 is 1.07 bits per heavy atom. The van der Waals surface area contributed by atoms with E-state index < -0.39 is 0 Å². The molecule has 0 saturated carbocycles. The Labute approximate surface area is 185 Å². The quantitative estimate of drug-likeness (QED) is 0.551. The van der Waals surface area contributed by atoms with E-state index >= 15 is 0 Å². The van der Waals surface area contributed by atoms with Gasteiger partial charge in [-0.2, -0.15) is 4.98 Å². The van der Waals surface area contributed by atoms with Crippen molar-refractivity contribution in [2.24, 2.45) is 17.8 Å². The maximum atomic E-state index is 13.3. The number of rotatable bonds is 6. The Morgan fingerprint density at radius 2 is 1.69 bits per heavy atom. The number of carbonyl (C=O) groups is 1. The summed E-state index contributed by atoms with van der Waals surface area (Å²) in [5, 5.41) is 0.771. The monoisotopic (exact) mass is 440 g/mol. The first-order valence-corrected chi connectivity index (χ1v) is 11.7. The van der Waals surface area contributed by atoms with E-state index in [9.17, 15) is 4.79 Å². The van der Waals surface area contributed by atoms with Gasteiger partial charge in [0.2, 0.25) is 11.2 Å². The molecule has 1 spiro atoms. The van der Waals surface area contributed by atoms with Crippen LogP contribution in [0.3, 0.4) is 0 Å². The minimum atomic E-state index is 0.0176. The lowest BCUT2D eigenvalue weighted by atomic mass is 9.83. The molecular formula is C22H34Cl2N4O. The molecule has 29 heavy (non-hydrogen) atoms. The third-order valence-electron chi connectivity index (χ3n) is 6.42. The maximum absolute atomic E-state index is 13.3. The number of piperidine rings is 1. The van der Waals surface area contributed by atoms with E-state index in [0.29, 0.717) is 22.8 Å². The van der Waals surface area contributed by atoms with E-state index in [1.54, 1.807) is 6.20 Å². The molecule has 1 aromatic rings. The van der Waals surface area contributed by atoms with Gasteiger partial charge in [-0.1, -0.05) is 39.3 Å². The number of hydrogen-bond donors (Lipinski definition) is 0. The van der Waals surface area contributed by atoms with Crippen LogP contribution in [0.1, 0.15) is 66.2 Å². The molecule has 0 bridgehead atoms. The van der Waals surface area contributed by atoms with Crippen molar-refractivity contribution >= 4 is 34.9 Å². The largest absolute Gasteiger partial charge is 0.349 e. The number of carbonyl (C=O) groups excluding carboxylic acids is 1. The molecule has 0 aromatic carbocycles. The molecule has 3 heterocycles. The average molecular weight is 441 g/mol. The van der Waals surface area contributed by atoms with E-state index in [1.807, 2.05) is 0 Å². The lowest BCUT2D eigenvalue weighted by Gasteiger charge is -2.46. The molecule has 0 N–H and O–H groups in total.